The van der Waals surface area contributed by atoms with Gasteiger partial charge in [0.2, 0.25) is 17.7 Å². The SMILES string of the molecule is NC(=O)CCN(C(=O)CCl)C(=O)[C@H](CC1CCCCC1)NC(=O)/C=C/c1ccc(Cl)cc1F. The van der Waals surface area contributed by atoms with E-state index in [9.17, 15) is 23.6 Å². The van der Waals surface area contributed by atoms with E-state index in [1.807, 2.05) is 0 Å². The Hall–Kier alpha value is -2.45. The molecule has 0 bridgehead atoms. The van der Waals surface area contributed by atoms with Gasteiger partial charge in [-0.1, -0.05) is 49.8 Å². The number of imide groups is 1. The van der Waals surface area contributed by atoms with Crippen molar-refractivity contribution in [2.45, 2.75) is 51.0 Å². The quantitative estimate of drug-likeness (QED) is 0.379. The topological polar surface area (TPSA) is 110 Å². The molecule has 2 rings (SSSR count). The molecule has 1 aromatic carbocycles. The number of nitrogens with two attached hydrogens (primary N) is 1. The van der Waals surface area contributed by atoms with E-state index in [1.165, 1.54) is 18.2 Å². The number of amides is 4. The Bertz CT molecular complexity index is 904. The molecule has 0 radical (unpaired) electrons. The largest absolute Gasteiger partial charge is 0.370 e. The first-order valence-corrected chi connectivity index (χ1v) is 11.7. The lowest BCUT2D eigenvalue weighted by molar-refractivity contribution is -0.146. The van der Waals surface area contributed by atoms with Gasteiger partial charge in [-0.25, -0.2) is 4.39 Å². The van der Waals surface area contributed by atoms with Gasteiger partial charge in [-0.3, -0.25) is 24.1 Å². The second-order valence-corrected chi connectivity index (χ2v) is 8.74. The molecule has 33 heavy (non-hydrogen) atoms. The van der Waals surface area contributed by atoms with Crippen LogP contribution in [0.5, 0.6) is 0 Å². The second kappa shape index (κ2) is 13.3. The van der Waals surface area contributed by atoms with Crippen LogP contribution in [-0.2, 0) is 19.2 Å². The molecular formula is C23H28Cl2FN3O4. The first-order valence-electron chi connectivity index (χ1n) is 10.8. The fraction of sp³-hybridized carbons (Fsp3) is 0.478. The van der Waals surface area contributed by atoms with E-state index >= 15 is 0 Å². The fourth-order valence-corrected chi connectivity index (χ4v) is 4.14. The van der Waals surface area contributed by atoms with Gasteiger partial charge in [0.1, 0.15) is 17.7 Å². The van der Waals surface area contributed by atoms with Crippen molar-refractivity contribution in [3.05, 3.63) is 40.7 Å². The minimum absolute atomic E-state index is 0.158. The van der Waals surface area contributed by atoms with E-state index in [0.717, 1.165) is 49.1 Å². The maximum atomic E-state index is 14.0. The highest BCUT2D eigenvalue weighted by atomic mass is 35.5. The van der Waals surface area contributed by atoms with Crippen LogP contribution in [0.4, 0.5) is 4.39 Å². The van der Waals surface area contributed by atoms with E-state index in [2.05, 4.69) is 5.32 Å². The van der Waals surface area contributed by atoms with Crippen LogP contribution in [0.2, 0.25) is 5.02 Å². The molecular weight excluding hydrogens is 472 g/mol. The first-order chi connectivity index (χ1) is 15.7. The molecule has 1 aliphatic rings. The van der Waals surface area contributed by atoms with Gasteiger partial charge in [0.25, 0.3) is 5.91 Å². The Morgan fingerprint density at radius 1 is 1.21 bits per heavy atom. The molecule has 0 aromatic heterocycles. The number of rotatable bonds is 10. The lowest BCUT2D eigenvalue weighted by atomic mass is 9.84. The molecule has 4 amide bonds. The van der Waals surface area contributed by atoms with Crippen LogP contribution in [0.25, 0.3) is 6.08 Å². The molecule has 3 N–H and O–H groups in total. The van der Waals surface area contributed by atoms with Crippen LogP contribution in [0.15, 0.2) is 24.3 Å². The van der Waals surface area contributed by atoms with Crippen LogP contribution in [0.3, 0.4) is 0 Å². The summed E-state index contributed by atoms with van der Waals surface area (Å²) in [7, 11) is 0. The van der Waals surface area contributed by atoms with Crippen molar-refractivity contribution >= 4 is 52.9 Å². The number of alkyl halides is 1. The summed E-state index contributed by atoms with van der Waals surface area (Å²) in [6.45, 7) is -0.220. The van der Waals surface area contributed by atoms with Crippen LogP contribution in [0.1, 0.15) is 50.5 Å². The fourth-order valence-electron chi connectivity index (χ4n) is 3.84. The molecule has 1 fully saturated rings. The number of nitrogens with zero attached hydrogens (tertiary/aromatic N) is 1. The third kappa shape index (κ3) is 8.78. The minimum atomic E-state index is -1.000. The summed E-state index contributed by atoms with van der Waals surface area (Å²) in [6, 6.07) is 3.05. The smallest absolute Gasteiger partial charge is 0.251 e. The van der Waals surface area contributed by atoms with Crippen molar-refractivity contribution < 1.29 is 23.6 Å². The number of benzene rings is 1. The number of primary amides is 1. The van der Waals surface area contributed by atoms with Gasteiger partial charge in [-0.2, -0.15) is 0 Å². The molecule has 7 nitrogen and oxygen atoms in total. The van der Waals surface area contributed by atoms with Crippen LogP contribution >= 0.6 is 23.2 Å². The van der Waals surface area contributed by atoms with Crippen molar-refractivity contribution in [2.24, 2.45) is 11.7 Å². The zero-order valence-corrected chi connectivity index (χ0v) is 19.7. The molecule has 0 aliphatic heterocycles. The normalized spacial score (nSPS) is 15.2. The van der Waals surface area contributed by atoms with Crippen LogP contribution in [-0.4, -0.2) is 47.0 Å². The van der Waals surface area contributed by atoms with Gasteiger partial charge in [0.05, 0.1) is 0 Å². The van der Waals surface area contributed by atoms with E-state index in [4.69, 9.17) is 28.9 Å². The monoisotopic (exact) mass is 499 g/mol. The Morgan fingerprint density at radius 2 is 1.91 bits per heavy atom. The van der Waals surface area contributed by atoms with Crippen LogP contribution < -0.4 is 11.1 Å². The molecule has 0 spiro atoms. The maximum Gasteiger partial charge on any atom is 0.251 e. The highest BCUT2D eigenvalue weighted by Crippen LogP contribution is 2.28. The second-order valence-electron chi connectivity index (χ2n) is 8.03. The van der Waals surface area contributed by atoms with Gasteiger partial charge < -0.3 is 11.1 Å². The van der Waals surface area contributed by atoms with Crippen molar-refractivity contribution in [1.29, 1.82) is 0 Å². The van der Waals surface area contributed by atoms with Gasteiger partial charge >= 0.3 is 0 Å². The molecule has 0 unspecified atom stereocenters. The molecule has 1 saturated carbocycles. The molecule has 1 aliphatic carbocycles. The average molecular weight is 500 g/mol. The van der Waals surface area contributed by atoms with E-state index in [1.54, 1.807) is 0 Å². The summed E-state index contributed by atoms with van der Waals surface area (Å²) in [5.41, 5.74) is 5.32. The van der Waals surface area contributed by atoms with E-state index < -0.39 is 41.4 Å². The van der Waals surface area contributed by atoms with Gasteiger partial charge in [0, 0.05) is 29.6 Å². The summed E-state index contributed by atoms with van der Waals surface area (Å²) in [6.07, 6.45) is 7.52. The predicted octanol–water partition coefficient (Wildman–Crippen LogP) is 3.42. The summed E-state index contributed by atoms with van der Waals surface area (Å²) >= 11 is 11.4. The van der Waals surface area contributed by atoms with Crippen molar-refractivity contribution in [3.8, 4) is 0 Å². The number of nitrogens with one attached hydrogen (secondary N) is 1. The molecule has 0 saturated heterocycles. The number of hydrogen-bond donors (Lipinski definition) is 2. The zero-order valence-electron chi connectivity index (χ0n) is 18.2. The lowest BCUT2D eigenvalue weighted by Gasteiger charge is -2.29. The zero-order chi connectivity index (χ0) is 24.4. The van der Waals surface area contributed by atoms with E-state index in [-0.39, 0.29) is 29.5 Å². The number of carbonyl (C=O) groups excluding carboxylic acids is 4. The highest BCUT2D eigenvalue weighted by molar-refractivity contribution is 6.30. The van der Waals surface area contributed by atoms with Gasteiger partial charge in [-0.15, -0.1) is 11.6 Å². The molecule has 10 heteroatoms. The summed E-state index contributed by atoms with van der Waals surface area (Å²) in [4.78, 5) is 50.1. The Morgan fingerprint density at radius 3 is 2.52 bits per heavy atom. The first kappa shape index (κ1) is 26.8. The predicted molar refractivity (Wildman–Crippen MR) is 125 cm³/mol. The molecule has 180 valence electrons. The summed E-state index contributed by atoms with van der Waals surface area (Å²) in [5.74, 6) is -3.45. The summed E-state index contributed by atoms with van der Waals surface area (Å²) in [5, 5.41) is 2.86. The molecule has 0 heterocycles. The summed E-state index contributed by atoms with van der Waals surface area (Å²) < 4.78 is 14.0. The van der Waals surface area contributed by atoms with Crippen molar-refractivity contribution in [2.75, 3.05) is 12.4 Å². The Balaban J connectivity index is 2.19. The van der Waals surface area contributed by atoms with Gasteiger partial charge in [0.15, 0.2) is 0 Å². The third-order valence-electron chi connectivity index (χ3n) is 5.55. The lowest BCUT2D eigenvalue weighted by Crippen LogP contribution is -2.52. The molecule has 1 atom stereocenters. The van der Waals surface area contributed by atoms with E-state index in [0.29, 0.717) is 6.42 Å². The average Bonchev–Trinajstić information content (AvgIpc) is 2.78. The van der Waals surface area contributed by atoms with Crippen molar-refractivity contribution in [3.63, 3.8) is 0 Å². The third-order valence-corrected chi connectivity index (χ3v) is 6.01. The number of carbonyl (C=O) groups is 4. The van der Waals surface area contributed by atoms with Gasteiger partial charge in [-0.05, 0) is 30.5 Å². The molecule has 1 aromatic rings. The Labute approximate surface area is 202 Å². The highest BCUT2D eigenvalue weighted by Gasteiger charge is 2.31. The maximum absolute atomic E-state index is 14.0. The van der Waals surface area contributed by atoms with Crippen LogP contribution in [0, 0.1) is 11.7 Å². The minimum Gasteiger partial charge on any atom is -0.370 e. The Kier molecular flexibility index (Phi) is 10.8. The standard InChI is InChI=1S/C23H28Cl2FN3O4/c24-14-22(32)29(11-10-20(27)30)23(33)19(12-15-4-2-1-3-5-15)28-21(31)9-7-16-6-8-17(25)13-18(16)26/h6-9,13,15,19H,1-5,10-12,14H2,(H2,27,30)(H,28,31)/b9-7+/t19-/m0/s1. The number of halogens is 3. The number of hydrogen-bond acceptors (Lipinski definition) is 4. The van der Waals surface area contributed by atoms with Crippen molar-refractivity contribution in [1.82, 2.24) is 10.2 Å².